The van der Waals surface area contributed by atoms with Crippen molar-refractivity contribution in [3.63, 3.8) is 0 Å². The topological polar surface area (TPSA) is 87.4 Å². The molecule has 0 saturated carbocycles. The zero-order valence-electron chi connectivity index (χ0n) is 10.2. The third-order valence-electron chi connectivity index (χ3n) is 2.36. The fraction of sp³-hybridized carbons (Fsp3) is 0.636. The van der Waals surface area contributed by atoms with Crippen LogP contribution in [0.25, 0.3) is 0 Å². The molecular weight excluding hydrogens is 222 g/mol. The van der Waals surface area contributed by atoms with E-state index in [0.717, 1.165) is 6.42 Å². The van der Waals surface area contributed by atoms with Crippen molar-refractivity contribution in [3.8, 4) is 0 Å². The van der Waals surface area contributed by atoms with Crippen molar-refractivity contribution in [2.45, 2.75) is 32.4 Å². The summed E-state index contributed by atoms with van der Waals surface area (Å²) in [5.41, 5.74) is -1.48. The van der Waals surface area contributed by atoms with Crippen LogP contribution in [0.15, 0.2) is 17.2 Å². The Morgan fingerprint density at radius 2 is 2.29 bits per heavy atom. The molecule has 3 N–H and O–H groups in total. The summed E-state index contributed by atoms with van der Waals surface area (Å²) >= 11 is 0. The van der Waals surface area contributed by atoms with Crippen molar-refractivity contribution in [3.05, 3.63) is 22.7 Å². The van der Waals surface area contributed by atoms with E-state index in [1.807, 2.05) is 6.92 Å². The van der Waals surface area contributed by atoms with Crippen molar-refractivity contribution in [2.75, 3.05) is 18.5 Å². The standard InChI is InChI=1S/C11H19N3O3/c1-3-5-14-6-4-12-9(10(14)16)13-7-11(2,17)8-15/h4,6,15,17H,3,5,7-8H2,1-2H3,(H,12,13). The molecule has 0 aromatic carbocycles. The summed E-state index contributed by atoms with van der Waals surface area (Å²) in [6.07, 6.45) is 4.02. The first kappa shape index (κ1) is 13.7. The summed E-state index contributed by atoms with van der Waals surface area (Å²) in [7, 11) is 0. The van der Waals surface area contributed by atoms with Gasteiger partial charge in [-0.2, -0.15) is 0 Å². The number of hydrogen-bond acceptors (Lipinski definition) is 5. The average molecular weight is 241 g/mol. The Morgan fingerprint density at radius 1 is 1.59 bits per heavy atom. The number of aryl methyl sites for hydroxylation is 1. The van der Waals surface area contributed by atoms with Crippen LogP contribution in [0.5, 0.6) is 0 Å². The normalized spacial score (nSPS) is 14.4. The lowest BCUT2D eigenvalue weighted by molar-refractivity contribution is 0.0131. The molecule has 0 aliphatic heterocycles. The summed E-state index contributed by atoms with van der Waals surface area (Å²) < 4.78 is 1.56. The van der Waals surface area contributed by atoms with Crippen LogP contribution in [-0.4, -0.2) is 38.5 Å². The number of aliphatic hydroxyl groups is 2. The van der Waals surface area contributed by atoms with E-state index >= 15 is 0 Å². The maximum Gasteiger partial charge on any atom is 0.293 e. The van der Waals surface area contributed by atoms with Crippen molar-refractivity contribution >= 4 is 5.82 Å². The van der Waals surface area contributed by atoms with Crippen LogP contribution >= 0.6 is 0 Å². The molecule has 0 aliphatic carbocycles. The molecule has 0 spiro atoms. The molecule has 6 heteroatoms. The monoisotopic (exact) mass is 241 g/mol. The second kappa shape index (κ2) is 5.79. The van der Waals surface area contributed by atoms with Crippen LogP contribution in [-0.2, 0) is 6.54 Å². The van der Waals surface area contributed by atoms with E-state index in [-0.39, 0.29) is 24.5 Å². The Hall–Kier alpha value is -1.40. The number of nitrogens with zero attached hydrogens (tertiary/aromatic N) is 2. The Bertz CT molecular complexity index is 415. The van der Waals surface area contributed by atoms with Gasteiger partial charge in [0, 0.05) is 25.5 Å². The SMILES string of the molecule is CCCn1ccnc(NCC(C)(O)CO)c1=O. The molecule has 0 aliphatic rings. The predicted molar refractivity (Wildman–Crippen MR) is 65.0 cm³/mol. The number of aliphatic hydroxyl groups excluding tert-OH is 1. The van der Waals surface area contributed by atoms with Crippen LogP contribution in [0, 0.1) is 0 Å². The minimum Gasteiger partial charge on any atom is -0.393 e. The summed E-state index contributed by atoms with van der Waals surface area (Å²) in [6.45, 7) is 3.79. The molecule has 17 heavy (non-hydrogen) atoms. The molecule has 0 amide bonds. The third kappa shape index (κ3) is 3.83. The highest BCUT2D eigenvalue weighted by Crippen LogP contribution is 2.02. The van der Waals surface area contributed by atoms with Gasteiger partial charge in [-0.05, 0) is 13.3 Å². The highest BCUT2D eigenvalue weighted by atomic mass is 16.3. The lowest BCUT2D eigenvalue weighted by Crippen LogP contribution is -2.39. The maximum atomic E-state index is 11.9. The molecular formula is C11H19N3O3. The molecule has 0 bridgehead atoms. The van der Waals surface area contributed by atoms with E-state index in [1.165, 1.54) is 13.1 Å². The minimum atomic E-state index is -1.26. The van der Waals surface area contributed by atoms with E-state index in [2.05, 4.69) is 10.3 Å². The largest absolute Gasteiger partial charge is 0.393 e. The first-order valence-electron chi connectivity index (χ1n) is 5.62. The van der Waals surface area contributed by atoms with Gasteiger partial charge in [-0.25, -0.2) is 4.98 Å². The van der Waals surface area contributed by atoms with Gasteiger partial charge >= 0.3 is 0 Å². The van der Waals surface area contributed by atoms with Gasteiger partial charge in [0.15, 0.2) is 5.82 Å². The van der Waals surface area contributed by atoms with Crippen LogP contribution in [0.1, 0.15) is 20.3 Å². The molecule has 1 rings (SSSR count). The predicted octanol–water partition coefficient (Wildman–Crippen LogP) is -0.192. The minimum absolute atomic E-state index is 0.0713. The van der Waals surface area contributed by atoms with Crippen molar-refractivity contribution in [1.82, 2.24) is 9.55 Å². The van der Waals surface area contributed by atoms with Gasteiger partial charge in [0.2, 0.25) is 0 Å². The third-order valence-corrected chi connectivity index (χ3v) is 2.36. The van der Waals surface area contributed by atoms with Gasteiger partial charge in [0.25, 0.3) is 5.56 Å². The smallest absolute Gasteiger partial charge is 0.293 e. The van der Waals surface area contributed by atoms with Gasteiger partial charge in [0.05, 0.1) is 6.61 Å². The number of hydrogen-bond donors (Lipinski definition) is 3. The molecule has 1 aromatic heterocycles. The van der Waals surface area contributed by atoms with Crippen LogP contribution in [0.3, 0.4) is 0 Å². The quantitative estimate of drug-likeness (QED) is 0.642. The Balaban J connectivity index is 2.79. The van der Waals surface area contributed by atoms with Gasteiger partial charge in [-0.15, -0.1) is 0 Å². The van der Waals surface area contributed by atoms with E-state index in [1.54, 1.807) is 10.8 Å². The van der Waals surface area contributed by atoms with Crippen LogP contribution < -0.4 is 10.9 Å². The number of aromatic nitrogens is 2. The second-order valence-corrected chi connectivity index (χ2v) is 4.28. The molecule has 6 nitrogen and oxygen atoms in total. The van der Waals surface area contributed by atoms with Gasteiger partial charge < -0.3 is 20.1 Å². The van der Waals surface area contributed by atoms with Gasteiger partial charge in [-0.3, -0.25) is 4.79 Å². The summed E-state index contributed by atoms with van der Waals surface area (Å²) in [6, 6.07) is 0. The molecule has 96 valence electrons. The zero-order valence-corrected chi connectivity index (χ0v) is 10.2. The molecule has 1 heterocycles. The molecule has 1 aromatic rings. The Morgan fingerprint density at radius 3 is 2.88 bits per heavy atom. The fourth-order valence-corrected chi connectivity index (χ4v) is 1.32. The van der Waals surface area contributed by atoms with Crippen molar-refractivity contribution < 1.29 is 10.2 Å². The van der Waals surface area contributed by atoms with Gasteiger partial charge in [0.1, 0.15) is 5.60 Å². The highest BCUT2D eigenvalue weighted by molar-refractivity contribution is 5.31. The van der Waals surface area contributed by atoms with Crippen molar-refractivity contribution in [1.29, 1.82) is 0 Å². The van der Waals surface area contributed by atoms with Crippen LogP contribution in [0.2, 0.25) is 0 Å². The van der Waals surface area contributed by atoms with E-state index in [0.29, 0.717) is 6.54 Å². The zero-order chi connectivity index (χ0) is 12.9. The van der Waals surface area contributed by atoms with E-state index in [4.69, 9.17) is 5.11 Å². The molecule has 1 atom stereocenters. The Labute approximate surface area is 99.9 Å². The maximum absolute atomic E-state index is 11.9. The van der Waals surface area contributed by atoms with Gasteiger partial charge in [-0.1, -0.05) is 6.92 Å². The highest BCUT2D eigenvalue weighted by Gasteiger charge is 2.19. The molecule has 0 saturated heterocycles. The number of anilines is 1. The fourth-order valence-electron chi connectivity index (χ4n) is 1.32. The summed E-state index contributed by atoms with van der Waals surface area (Å²) in [5.74, 6) is 0.190. The van der Waals surface area contributed by atoms with Crippen LogP contribution in [0.4, 0.5) is 5.82 Å². The first-order valence-corrected chi connectivity index (χ1v) is 5.62. The number of nitrogens with one attached hydrogen (secondary N) is 1. The summed E-state index contributed by atoms with van der Waals surface area (Å²) in [4.78, 5) is 15.8. The Kier molecular flexibility index (Phi) is 4.65. The second-order valence-electron chi connectivity index (χ2n) is 4.28. The molecule has 1 unspecified atom stereocenters. The molecule has 0 radical (unpaired) electrons. The molecule has 0 fully saturated rings. The number of rotatable bonds is 6. The average Bonchev–Trinajstić information content (AvgIpc) is 2.31. The lowest BCUT2D eigenvalue weighted by atomic mass is 10.1. The van der Waals surface area contributed by atoms with Crippen molar-refractivity contribution in [2.24, 2.45) is 0 Å². The first-order chi connectivity index (χ1) is 8.00. The summed E-state index contributed by atoms with van der Waals surface area (Å²) in [5, 5.41) is 21.2. The lowest BCUT2D eigenvalue weighted by Gasteiger charge is -2.20. The van der Waals surface area contributed by atoms with E-state index in [9.17, 15) is 9.90 Å². The van der Waals surface area contributed by atoms with E-state index < -0.39 is 5.60 Å².